The highest BCUT2D eigenvalue weighted by Crippen LogP contribution is 2.38. The fourth-order valence-electron chi connectivity index (χ4n) is 4.45. The van der Waals surface area contributed by atoms with Gasteiger partial charge in [-0.2, -0.15) is 0 Å². The van der Waals surface area contributed by atoms with Crippen LogP contribution < -0.4 is 0 Å². The Balaban J connectivity index is 1.39. The number of hydrogen-bond donors (Lipinski definition) is 1. The molecule has 2 aliphatic carbocycles. The fourth-order valence-corrected chi connectivity index (χ4v) is 4.45. The van der Waals surface area contributed by atoms with Crippen LogP contribution in [0.1, 0.15) is 68.9 Å². The molecule has 0 spiro atoms. The van der Waals surface area contributed by atoms with E-state index < -0.39 is 5.60 Å². The molecule has 1 aromatic carbocycles. The summed E-state index contributed by atoms with van der Waals surface area (Å²) in [5, 5.41) is 10.7. The highest BCUT2D eigenvalue weighted by atomic mass is 16.3. The van der Waals surface area contributed by atoms with Crippen LogP contribution >= 0.6 is 0 Å². The summed E-state index contributed by atoms with van der Waals surface area (Å²) in [6.07, 6.45) is 13.2. The van der Waals surface area contributed by atoms with Crippen molar-refractivity contribution >= 4 is 6.08 Å². The third-order valence-corrected chi connectivity index (χ3v) is 6.28. The molecule has 4 rings (SSSR count). The predicted molar refractivity (Wildman–Crippen MR) is 95.2 cm³/mol. The van der Waals surface area contributed by atoms with Crippen LogP contribution in [0.3, 0.4) is 0 Å². The van der Waals surface area contributed by atoms with Crippen molar-refractivity contribution < 1.29 is 5.11 Å². The quantitative estimate of drug-likeness (QED) is 0.889. The number of benzene rings is 1. The molecule has 2 heteroatoms. The molecule has 0 amide bonds. The summed E-state index contributed by atoms with van der Waals surface area (Å²) >= 11 is 0. The van der Waals surface area contributed by atoms with Gasteiger partial charge in [-0.1, -0.05) is 55.2 Å². The third-order valence-electron chi connectivity index (χ3n) is 6.28. The second-order valence-electron chi connectivity index (χ2n) is 7.78. The minimum absolute atomic E-state index is 0.556. The second kappa shape index (κ2) is 6.41. The van der Waals surface area contributed by atoms with Crippen LogP contribution in [0, 0.1) is 0 Å². The Morgan fingerprint density at radius 2 is 1.61 bits per heavy atom. The Kier molecular flexibility index (Phi) is 4.29. The fraction of sp³-hybridized carbons (Fsp3) is 0.619. The largest absolute Gasteiger partial charge is 0.385 e. The number of hydrogen-bond acceptors (Lipinski definition) is 2. The molecule has 3 fully saturated rings. The molecule has 0 aromatic heterocycles. The number of piperidine rings is 1. The van der Waals surface area contributed by atoms with Crippen molar-refractivity contribution in [1.82, 2.24) is 4.90 Å². The van der Waals surface area contributed by atoms with E-state index in [1.807, 2.05) is 0 Å². The summed E-state index contributed by atoms with van der Waals surface area (Å²) in [5.74, 6) is 0. The summed E-state index contributed by atoms with van der Waals surface area (Å²) in [6.45, 7) is 2.49. The number of nitrogens with zero attached hydrogens (tertiary/aromatic N) is 1. The van der Waals surface area contributed by atoms with Crippen LogP contribution in [0.25, 0.3) is 6.08 Å². The SMILES string of the molecule is OC1(c2ccc(C=C3CCN(C4CCC4)CC3)cc2)CCCC1. The summed E-state index contributed by atoms with van der Waals surface area (Å²) in [7, 11) is 0. The van der Waals surface area contributed by atoms with Gasteiger partial charge in [-0.3, -0.25) is 4.90 Å². The molecule has 0 unspecified atom stereocenters. The van der Waals surface area contributed by atoms with E-state index in [0.717, 1.165) is 37.3 Å². The van der Waals surface area contributed by atoms with Gasteiger partial charge in [0.1, 0.15) is 0 Å². The molecule has 1 aliphatic heterocycles. The normalized spacial score (nSPS) is 25.3. The van der Waals surface area contributed by atoms with Gasteiger partial charge in [-0.25, -0.2) is 0 Å². The summed E-state index contributed by atoms with van der Waals surface area (Å²) in [6, 6.07) is 9.55. The maximum absolute atomic E-state index is 10.7. The van der Waals surface area contributed by atoms with Crippen LogP contribution in [0.2, 0.25) is 0 Å². The molecule has 2 nitrogen and oxygen atoms in total. The lowest BCUT2D eigenvalue weighted by Gasteiger charge is -2.40. The molecule has 23 heavy (non-hydrogen) atoms. The molecular weight excluding hydrogens is 282 g/mol. The molecule has 2 saturated carbocycles. The van der Waals surface area contributed by atoms with Gasteiger partial charge in [0.2, 0.25) is 0 Å². The van der Waals surface area contributed by atoms with Crippen LogP contribution in [0.5, 0.6) is 0 Å². The zero-order chi connectivity index (χ0) is 15.7. The van der Waals surface area contributed by atoms with E-state index in [9.17, 15) is 5.11 Å². The van der Waals surface area contributed by atoms with E-state index in [1.165, 1.54) is 50.8 Å². The number of aliphatic hydroxyl groups is 1. The topological polar surface area (TPSA) is 23.5 Å². The van der Waals surface area contributed by atoms with Gasteiger partial charge < -0.3 is 5.11 Å². The second-order valence-corrected chi connectivity index (χ2v) is 7.78. The van der Waals surface area contributed by atoms with Gasteiger partial charge in [-0.15, -0.1) is 0 Å². The van der Waals surface area contributed by atoms with Crippen LogP contribution in [-0.4, -0.2) is 29.1 Å². The first kappa shape index (κ1) is 15.4. The Morgan fingerprint density at radius 3 is 2.17 bits per heavy atom. The molecule has 1 heterocycles. The van der Waals surface area contributed by atoms with Crippen molar-refractivity contribution in [2.24, 2.45) is 0 Å². The molecule has 1 N–H and O–H groups in total. The van der Waals surface area contributed by atoms with E-state index in [-0.39, 0.29) is 0 Å². The van der Waals surface area contributed by atoms with E-state index in [1.54, 1.807) is 5.57 Å². The Morgan fingerprint density at radius 1 is 0.957 bits per heavy atom. The third kappa shape index (κ3) is 3.25. The minimum atomic E-state index is -0.556. The Hall–Kier alpha value is -1.12. The maximum atomic E-state index is 10.7. The summed E-state index contributed by atoms with van der Waals surface area (Å²) in [4.78, 5) is 2.69. The van der Waals surface area contributed by atoms with Gasteiger partial charge in [0, 0.05) is 19.1 Å². The average Bonchev–Trinajstić information content (AvgIpc) is 2.96. The van der Waals surface area contributed by atoms with Crippen LogP contribution in [-0.2, 0) is 5.60 Å². The first-order chi connectivity index (χ1) is 11.2. The maximum Gasteiger partial charge on any atom is 0.0896 e. The predicted octanol–water partition coefficient (Wildman–Crippen LogP) is 4.48. The zero-order valence-corrected chi connectivity index (χ0v) is 14.1. The van der Waals surface area contributed by atoms with E-state index in [2.05, 4.69) is 35.2 Å². The molecule has 1 aromatic rings. The minimum Gasteiger partial charge on any atom is -0.385 e. The van der Waals surface area contributed by atoms with Crippen molar-refractivity contribution in [3.8, 4) is 0 Å². The van der Waals surface area contributed by atoms with Gasteiger partial charge in [0.15, 0.2) is 0 Å². The Labute approximate surface area is 140 Å². The first-order valence-corrected chi connectivity index (χ1v) is 9.49. The molecular formula is C21H29NO. The monoisotopic (exact) mass is 311 g/mol. The lowest BCUT2D eigenvalue weighted by Crippen LogP contribution is -2.43. The van der Waals surface area contributed by atoms with Crippen LogP contribution in [0.4, 0.5) is 0 Å². The molecule has 0 radical (unpaired) electrons. The zero-order valence-electron chi connectivity index (χ0n) is 14.1. The first-order valence-electron chi connectivity index (χ1n) is 9.49. The summed E-state index contributed by atoms with van der Waals surface area (Å²) < 4.78 is 0. The average molecular weight is 311 g/mol. The van der Waals surface area contributed by atoms with E-state index >= 15 is 0 Å². The molecule has 3 aliphatic rings. The standard InChI is InChI=1S/C21H29NO/c23-21(12-1-2-13-21)19-8-6-17(7-9-19)16-18-10-14-22(15-11-18)20-4-3-5-20/h6-9,16,20,23H,1-5,10-15H2. The van der Waals surface area contributed by atoms with Crippen molar-refractivity contribution in [1.29, 1.82) is 0 Å². The van der Waals surface area contributed by atoms with Crippen LogP contribution in [0.15, 0.2) is 29.8 Å². The molecule has 1 saturated heterocycles. The van der Waals surface area contributed by atoms with Crippen molar-refractivity contribution in [2.75, 3.05) is 13.1 Å². The van der Waals surface area contributed by atoms with Gasteiger partial charge in [0.25, 0.3) is 0 Å². The Bertz CT molecular complexity index is 554. The van der Waals surface area contributed by atoms with Gasteiger partial charge in [0.05, 0.1) is 5.60 Å². The summed E-state index contributed by atoms with van der Waals surface area (Å²) in [5.41, 5.74) is 3.44. The molecule has 124 valence electrons. The van der Waals surface area contributed by atoms with E-state index in [4.69, 9.17) is 0 Å². The number of likely N-dealkylation sites (tertiary alicyclic amines) is 1. The van der Waals surface area contributed by atoms with Crippen molar-refractivity contribution in [3.63, 3.8) is 0 Å². The van der Waals surface area contributed by atoms with Crippen molar-refractivity contribution in [3.05, 3.63) is 41.0 Å². The van der Waals surface area contributed by atoms with Gasteiger partial charge >= 0.3 is 0 Å². The van der Waals surface area contributed by atoms with E-state index in [0.29, 0.717) is 0 Å². The highest BCUT2D eigenvalue weighted by Gasteiger charge is 2.32. The number of rotatable bonds is 3. The lowest BCUT2D eigenvalue weighted by atomic mass is 9.89. The molecule has 0 bridgehead atoms. The lowest BCUT2D eigenvalue weighted by molar-refractivity contribution is 0.0445. The highest BCUT2D eigenvalue weighted by molar-refractivity contribution is 5.54. The molecule has 0 atom stereocenters. The van der Waals surface area contributed by atoms with Gasteiger partial charge in [-0.05, 0) is 49.7 Å². The van der Waals surface area contributed by atoms with Crippen molar-refractivity contribution in [2.45, 2.75) is 69.4 Å². The smallest absolute Gasteiger partial charge is 0.0896 e.